The monoisotopic (exact) mass is 440 g/mol. The molecule has 5 nitrogen and oxygen atoms in total. The zero-order chi connectivity index (χ0) is 20.5. The molecule has 0 aliphatic carbocycles. The van der Waals surface area contributed by atoms with Crippen LogP contribution in [0, 0.1) is 5.92 Å². The molecule has 3 aromatic rings. The number of amides is 1. The normalized spacial score (nSPS) is 20.0. The number of carbonyl (C=O) groups excluding carboxylic acids is 1. The maximum atomic E-state index is 13.3. The van der Waals surface area contributed by atoms with Crippen LogP contribution in [0.1, 0.15) is 12.8 Å². The van der Waals surface area contributed by atoms with Gasteiger partial charge < -0.3 is 14.7 Å². The lowest BCUT2D eigenvalue weighted by molar-refractivity contribution is -0.136. The van der Waals surface area contributed by atoms with Crippen molar-refractivity contribution in [2.75, 3.05) is 49.1 Å². The fraction of sp³-hybridized carbons (Fsp3) is 0.391. The lowest BCUT2D eigenvalue weighted by Gasteiger charge is -2.40. The summed E-state index contributed by atoms with van der Waals surface area (Å²) < 4.78 is 1.26. The van der Waals surface area contributed by atoms with Gasteiger partial charge in [-0.15, -0.1) is 11.3 Å². The number of carbonyl (C=O) groups is 1. The average molecular weight is 441 g/mol. The summed E-state index contributed by atoms with van der Waals surface area (Å²) in [5.41, 5.74) is 1.17. The number of rotatable bonds is 3. The summed E-state index contributed by atoms with van der Waals surface area (Å²) in [5.74, 6) is 1.38. The highest BCUT2D eigenvalue weighted by atomic mass is 35.5. The third kappa shape index (κ3) is 3.86. The molecule has 1 unspecified atom stereocenters. The minimum absolute atomic E-state index is 0.0523. The summed E-state index contributed by atoms with van der Waals surface area (Å²) in [4.78, 5) is 24.6. The number of benzene rings is 1. The molecule has 7 heteroatoms. The molecule has 156 valence electrons. The van der Waals surface area contributed by atoms with Gasteiger partial charge in [0.05, 0.1) is 5.92 Å². The molecular weight excluding hydrogens is 416 g/mol. The number of hydrogen-bond acceptors (Lipinski definition) is 5. The average Bonchev–Trinajstić information content (AvgIpc) is 3.28. The van der Waals surface area contributed by atoms with Gasteiger partial charge in [-0.3, -0.25) is 4.79 Å². The summed E-state index contributed by atoms with van der Waals surface area (Å²) in [6.45, 7) is 5.00. The molecule has 0 spiro atoms. The van der Waals surface area contributed by atoms with Gasteiger partial charge in [0.15, 0.2) is 0 Å². The molecule has 2 fully saturated rings. The van der Waals surface area contributed by atoms with Crippen molar-refractivity contribution in [1.82, 2.24) is 9.88 Å². The highest BCUT2D eigenvalue weighted by Crippen LogP contribution is 2.31. The lowest BCUT2D eigenvalue weighted by atomic mass is 9.96. The van der Waals surface area contributed by atoms with Crippen LogP contribution in [0.25, 0.3) is 10.1 Å². The van der Waals surface area contributed by atoms with Crippen molar-refractivity contribution < 1.29 is 4.79 Å². The van der Waals surface area contributed by atoms with Gasteiger partial charge in [-0.25, -0.2) is 4.98 Å². The first-order valence-corrected chi connectivity index (χ1v) is 11.8. The molecule has 0 N–H and O–H groups in total. The maximum Gasteiger partial charge on any atom is 0.227 e. The molecule has 0 radical (unpaired) electrons. The van der Waals surface area contributed by atoms with Gasteiger partial charge in [0.2, 0.25) is 5.91 Å². The Balaban J connectivity index is 1.23. The van der Waals surface area contributed by atoms with E-state index in [0.717, 1.165) is 63.0 Å². The first-order valence-electron chi connectivity index (χ1n) is 10.6. The van der Waals surface area contributed by atoms with Gasteiger partial charge in [0.25, 0.3) is 0 Å². The zero-order valence-electron chi connectivity index (χ0n) is 16.8. The van der Waals surface area contributed by atoms with E-state index < -0.39 is 0 Å². The molecule has 2 aliphatic rings. The van der Waals surface area contributed by atoms with E-state index in [9.17, 15) is 4.79 Å². The smallest absolute Gasteiger partial charge is 0.227 e. The molecule has 2 aromatic heterocycles. The number of piperazine rings is 1. The summed E-state index contributed by atoms with van der Waals surface area (Å²) in [5, 5.41) is 4.07. The Kier molecular flexibility index (Phi) is 5.52. The standard InChI is InChI=1S/C23H25ClN4OS/c24-18-3-5-19(6-4-18)26-11-13-27(14-12-26)23(29)17-2-1-10-28(16-17)22-20-8-15-30-21(20)7-9-25-22/h3-9,15,17H,1-2,10-14,16H2. The molecule has 1 amide bonds. The highest BCUT2D eigenvalue weighted by molar-refractivity contribution is 7.17. The predicted octanol–water partition coefficient (Wildman–Crippen LogP) is 4.51. The van der Waals surface area contributed by atoms with Gasteiger partial charge in [-0.2, -0.15) is 0 Å². The molecule has 1 atom stereocenters. The van der Waals surface area contributed by atoms with E-state index in [2.05, 4.69) is 49.3 Å². The van der Waals surface area contributed by atoms with Crippen LogP contribution in [0.4, 0.5) is 11.5 Å². The second-order valence-electron chi connectivity index (χ2n) is 8.04. The number of piperidine rings is 1. The summed E-state index contributed by atoms with van der Waals surface area (Å²) in [6.07, 6.45) is 3.88. The number of thiophene rings is 1. The number of anilines is 2. The molecule has 1 aromatic carbocycles. The van der Waals surface area contributed by atoms with Gasteiger partial charge in [-0.1, -0.05) is 11.6 Å². The fourth-order valence-electron chi connectivity index (χ4n) is 4.60. The Morgan fingerprint density at radius 3 is 2.60 bits per heavy atom. The first-order chi connectivity index (χ1) is 14.7. The molecule has 0 bridgehead atoms. The Hall–Kier alpha value is -2.31. The minimum Gasteiger partial charge on any atom is -0.368 e. The summed E-state index contributed by atoms with van der Waals surface area (Å²) in [6, 6.07) is 12.2. The van der Waals surface area contributed by atoms with Crippen LogP contribution in [-0.2, 0) is 4.79 Å². The number of halogens is 1. The van der Waals surface area contributed by atoms with Gasteiger partial charge in [0, 0.05) is 66.3 Å². The SMILES string of the molecule is O=C(C1CCCN(c2nccc3sccc23)C1)N1CCN(c2ccc(Cl)cc2)CC1. The predicted molar refractivity (Wildman–Crippen MR) is 125 cm³/mol. The van der Waals surface area contributed by atoms with Gasteiger partial charge in [0.1, 0.15) is 5.82 Å². The number of fused-ring (bicyclic) bond motifs is 1. The van der Waals surface area contributed by atoms with Crippen molar-refractivity contribution in [3.63, 3.8) is 0 Å². The molecule has 0 saturated carbocycles. The second-order valence-corrected chi connectivity index (χ2v) is 9.43. The van der Waals surface area contributed by atoms with Crippen molar-refractivity contribution in [2.24, 2.45) is 5.92 Å². The molecule has 5 rings (SSSR count). The van der Waals surface area contributed by atoms with E-state index in [4.69, 9.17) is 11.6 Å². The number of hydrogen-bond donors (Lipinski definition) is 0. The lowest BCUT2D eigenvalue weighted by Crippen LogP contribution is -2.52. The van der Waals surface area contributed by atoms with Crippen LogP contribution in [0.15, 0.2) is 48.0 Å². The highest BCUT2D eigenvalue weighted by Gasteiger charge is 2.32. The van der Waals surface area contributed by atoms with Crippen molar-refractivity contribution >= 4 is 50.4 Å². The Morgan fingerprint density at radius 1 is 1.00 bits per heavy atom. The van der Waals surface area contributed by atoms with E-state index in [0.29, 0.717) is 5.91 Å². The molecule has 2 saturated heterocycles. The van der Waals surface area contributed by atoms with Crippen LogP contribution in [-0.4, -0.2) is 55.1 Å². The minimum atomic E-state index is 0.0523. The van der Waals surface area contributed by atoms with Crippen LogP contribution < -0.4 is 9.80 Å². The molecule has 4 heterocycles. The second kappa shape index (κ2) is 8.44. The topological polar surface area (TPSA) is 39.7 Å². The number of nitrogens with zero attached hydrogens (tertiary/aromatic N) is 4. The quantitative estimate of drug-likeness (QED) is 0.600. The number of aromatic nitrogens is 1. The molecular formula is C23H25ClN4OS. The van der Waals surface area contributed by atoms with E-state index in [1.165, 1.54) is 15.8 Å². The fourth-order valence-corrected chi connectivity index (χ4v) is 5.50. The zero-order valence-corrected chi connectivity index (χ0v) is 18.4. The van der Waals surface area contributed by atoms with E-state index in [-0.39, 0.29) is 5.92 Å². The Morgan fingerprint density at radius 2 is 1.80 bits per heavy atom. The van der Waals surface area contributed by atoms with Crippen LogP contribution in [0.3, 0.4) is 0 Å². The van der Waals surface area contributed by atoms with E-state index >= 15 is 0 Å². The van der Waals surface area contributed by atoms with Gasteiger partial charge in [-0.05, 0) is 54.6 Å². The van der Waals surface area contributed by atoms with Crippen molar-refractivity contribution in [3.05, 3.63) is 53.0 Å². The molecule has 2 aliphatic heterocycles. The van der Waals surface area contributed by atoms with Crippen LogP contribution in [0.2, 0.25) is 5.02 Å². The van der Waals surface area contributed by atoms with Gasteiger partial charge >= 0.3 is 0 Å². The number of pyridine rings is 1. The van der Waals surface area contributed by atoms with Crippen molar-refractivity contribution in [1.29, 1.82) is 0 Å². The third-order valence-corrected chi connectivity index (χ3v) is 7.35. The summed E-state index contributed by atoms with van der Waals surface area (Å²) >= 11 is 7.74. The Labute approximate surface area is 185 Å². The van der Waals surface area contributed by atoms with Crippen molar-refractivity contribution in [3.8, 4) is 0 Å². The maximum absolute atomic E-state index is 13.3. The van der Waals surface area contributed by atoms with Crippen molar-refractivity contribution in [2.45, 2.75) is 12.8 Å². The van der Waals surface area contributed by atoms with Crippen LogP contribution in [0.5, 0.6) is 0 Å². The first kappa shape index (κ1) is 19.6. The molecule has 30 heavy (non-hydrogen) atoms. The van der Waals surface area contributed by atoms with E-state index in [1.807, 2.05) is 18.3 Å². The largest absolute Gasteiger partial charge is 0.368 e. The third-order valence-electron chi connectivity index (χ3n) is 6.21. The van der Waals surface area contributed by atoms with E-state index in [1.54, 1.807) is 11.3 Å². The Bertz CT molecular complexity index is 1030. The van der Waals surface area contributed by atoms with Crippen LogP contribution >= 0.6 is 22.9 Å². The summed E-state index contributed by atoms with van der Waals surface area (Å²) in [7, 11) is 0.